The summed E-state index contributed by atoms with van der Waals surface area (Å²) in [6.07, 6.45) is 2.15. The largest absolute Gasteiger partial charge is 0.449 e. The van der Waals surface area contributed by atoms with E-state index in [1.807, 2.05) is 20.8 Å². The van der Waals surface area contributed by atoms with Gasteiger partial charge in [-0.25, -0.2) is 4.79 Å². The SMILES string of the molecule is C=CCN(C(=O)OCCCO[Si](C)(C)C(C)(C)C)C(C)(C)C. The molecule has 0 aromatic rings. The molecule has 130 valence electrons. The van der Waals surface area contributed by atoms with E-state index in [-0.39, 0.29) is 16.7 Å². The maximum Gasteiger partial charge on any atom is 0.410 e. The molecule has 5 heteroatoms. The monoisotopic (exact) mass is 329 g/mol. The number of carbonyl (C=O) groups is 1. The van der Waals surface area contributed by atoms with Crippen LogP contribution in [0.1, 0.15) is 48.0 Å². The molecule has 0 aliphatic rings. The van der Waals surface area contributed by atoms with Gasteiger partial charge < -0.3 is 9.16 Å². The van der Waals surface area contributed by atoms with Crippen molar-refractivity contribution in [1.29, 1.82) is 0 Å². The molecule has 0 unspecified atom stereocenters. The van der Waals surface area contributed by atoms with E-state index < -0.39 is 8.32 Å². The fourth-order valence-electron chi connectivity index (χ4n) is 1.59. The number of carbonyl (C=O) groups excluding carboxylic acids is 1. The molecule has 0 aromatic heterocycles. The van der Waals surface area contributed by atoms with Crippen LogP contribution in [0.25, 0.3) is 0 Å². The highest BCUT2D eigenvalue weighted by Crippen LogP contribution is 2.36. The summed E-state index contributed by atoms with van der Waals surface area (Å²) in [6.45, 7) is 22.3. The Balaban J connectivity index is 4.21. The Bertz CT molecular complexity index is 367. The van der Waals surface area contributed by atoms with Crippen molar-refractivity contribution in [3.05, 3.63) is 12.7 Å². The molecule has 1 amide bonds. The van der Waals surface area contributed by atoms with Crippen LogP contribution in [-0.4, -0.2) is 44.6 Å². The molecular weight excluding hydrogens is 294 g/mol. The van der Waals surface area contributed by atoms with E-state index in [0.717, 1.165) is 6.42 Å². The summed E-state index contributed by atoms with van der Waals surface area (Å²) in [4.78, 5) is 13.8. The van der Waals surface area contributed by atoms with Crippen LogP contribution in [0.3, 0.4) is 0 Å². The number of ether oxygens (including phenoxy) is 1. The summed E-state index contributed by atoms with van der Waals surface area (Å²) in [5, 5.41) is 0.205. The molecule has 0 saturated heterocycles. The fraction of sp³-hybridized carbons (Fsp3) is 0.824. The molecule has 0 spiro atoms. The van der Waals surface area contributed by atoms with Crippen LogP contribution in [-0.2, 0) is 9.16 Å². The number of nitrogens with zero attached hydrogens (tertiary/aromatic N) is 1. The van der Waals surface area contributed by atoms with E-state index in [2.05, 4.69) is 40.4 Å². The lowest BCUT2D eigenvalue weighted by Gasteiger charge is -2.36. The quantitative estimate of drug-likeness (QED) is 0.382. The van der Waals surface area contributed by atoms with Crippen molar-refractivity contribution in [2.45, 2.75) is 71.6 Å². The number of hydrogen-bond acceptors (Lipinski definition) is 3. The van der Waals surface area contributed by atoms with Gasteiger partial charge in [-0.15, -0.1) is 6.58 Å². The van der Waals surface area contributed by atoms with Crippen LogP contribution in [0.5, 0.6) is 0 Å². The Labute approximate surface area is 138 Å². The summed E-state index contributed by atoms with van der Waals surface area (Å²) in [6, 6.07) is 0. The minimum Gasteiger partial charge on any atom is -0.449 e. The Morgan fingerprint density at radius 3 is 2.09 bits per heavy atom. The van der Waals surface area contributed by atoms with E-state index in [1.54, 1.807) is 11.0 Å². The summed E-state index contributed by atoms with van der Waals surface area (Å²) in [7, 11) is -1.71. The van der Waals surface area contributed by atoms with Crippen molar-refractivity contribution in [2.24, 2.45) is 0 Å². The van der Waals surface area contributed by atoms with Crippen molar-refractivity contribution in [1.82, 2.24) is 4.90 Å². The van der Waals surface area contributed by atoms with Gasteiger partial charge in [0, 0.05) is 25.1 Å². The Morgan fingerprint density at radius 2 is 1.68 bits per heavy atom. The zero-order valence-corrected chi connectivity index (χ0v) is 16.8. The highest BCUT2D eigenvalue weighted by molar-refractivity contribution is 6.74. The van der Waals surface area contributed by atoms with Crippen LogP contribution in [0.4, 0.5) is 4.79 Å². The average Bonchev–Trinajstić information content (AvgIpc) is 2.32. The molecule has 0 heterocycles. The van der Waals surface area contributed by atoms with Crippen molar-refractivity contribution < 1.29 is 14.0 Å². The van der Waals surface area contributed by atoms with Gasteiger partial charge in [-0.3, -0.25) is 4.90 Å². The van der Waals surface area contributed by atoms with Gasteiger partial charge in [0.25, 0.3) is 0 Å². The van der Waals surface area contributed by atoms with Crippen molar-refractivity contribution in [2.75, 3.05) is 19.8 Å². The molecule has 0 aliphatic carbocycles. The molecular formula is C17H35NO3Si. The zero-order valence-electron chi connectivity index (χ0n) is 15.8. The van der Waals surface area contributed by atoms with E-state index in [4.69, 9.17) is 9.16 Å². The Hall–Kier alpha value is -0.813. The molecule has 22 heavy (non-hydrogen) atoms. The van der Waals surface area contributed by atoms with Gasteiger partial charge in [0.2, 0.25) is 0 Å². The van der Waals surface area contributed by atoms with Gasteiger partial charge in [0.05, 0.1) is 6.61 Å². The highest BCUT2D eigenvalue weighted by atomic mass is 28.4. The van der Waals surface area contributed by atoms with E-state index in [9.17, 15) is 4.79 Å². The number of amides is 1. The average molecular weight is 330 g/mol. The molecule has 0 bridgehead atoms. The van der Waals surface area contributed by atoms with E-state index in [1.165, 1.54) is 0 Å². The summed E-state index contributed by atoms with van der Waals surface area (Å²) in [5.41, 5.74) is -0.275. The second kappa shape index (κ2) is 8.16. The molecule has 0 aliphatic heterocycles. The minimum absolute atomic E-state index is 0.205. The second-order valence-electron chi connectivity index (χ2n) is 8.15. The first-order chi connectivity index (χ1) is 9.83. The predicted octanol–water partition coefficient (Wildman–Crippen LogP) is 4.82. The number of hydrogen-bond donors (Lipinski definition) is 0. The topological polar surface area (TPSA) is 38.8 Å². The lowest BCUT2D eigenvalue weighted by Crippen LogP contribution is -2.46. The molecule has 0 aromatic carbocycles. The van der Waals surface area contributed by atoms with E-state index >= 15 is 0 Å². The van der Waals surface area contributed by atoms with Crippen LogP contribution < -0.4 is 0 Å². The third-order valence-electron chi connectivity index (χ3n) is 4.13. The number of rotatable bonds is 7. The molecule has 0 saturated carbocycles. The van der Waals surface area contributed by atoms with Gasteiger partial charge in [0.1, 0.15) is 0 Å². The van der Waals surface area contributed by atoms with Gasteiger partial charge in [0.15, 0.2) is 8.32 Å². The lowest BCUT2D eigenvalue weighted by molar-refractivity contribution is 0.0698. The van der Waals surface area contributed by atoms with Crippen LogP contribution >= 0.6 is 0 Å². The molecule has 0 atom stereocenters. The van der Waals surface area contributed by atoms with E-state index in [0.29, 0.717) is 19.8 Å². The van der Waals surface area contributed by atoms with Crippen molar-refractivity contribution in [3.8, 4) is 0 Å². The third-order valence-corrected chi connectivity index (χ3v) is 8.66. The minimum atomic E-state index is -1.71. The maximum atomic E-state index is 12.1. The van der Waals surface area contributed by atoms with Crippen LogP contribution in [0.2, 0.25) is 18.1 Å². The van der Waals surface area contributed by atoms with Gasteiger partial charge in [-0.05, 0) is 38.9 Å². The van der Waals surface area contributed by atoms with Crippen LogP contribution in [0, 0.1) is 0 Å². The summed E-state index contributed by atoms with van der Waals surface area (Å²) < 4.78 is 11.4. The highest BCUT2D eigenvalue weighted by Gasteiger charge is 2.36. The normalized spacial score (nSPS) is 12.9. The summed E-state index contributed by atoms with van der Waals surface area (Å²) >= 11 is 0. The first kappa shape index (κ1) is 21.2. The third kappa shape index (κ3) is 6.96. The predicted molar refractivity (Wildman–Crippen MR) is 95.8 cm³/mol. The smallest absolute Gasteiger partial charge is 0.410 e. The molecule has 0 N–H and O–H groups in total. The lowest BCUT2D eigenvalue weighted by atomic mass is 10.1. The van der Waals surface area contributed by atoms with Gasteiger partial charge in [-0.1, -0.05) is 26.8 Å². The summed E-state index contributed by atoms with van der Waals surface area (Å²) in [5.74, 6) is 0. The van der Waals surface area contributed by atoms with Crippen molar-refractivity contribution in [3.63, 3.8) is 0 Å². The molecule has 4 nitrogen and oxygen atoms in total. The van der Waals surface area contributed by atoms with Gasteiger partial charge >= 0.3 is 6.09 Å². The Morgan fingerprint density at radius 1 is 1.14 bits per heavy atom. The standard InChI is InChI=1S/C17H35NO3Si/c1-10-12-18(16(2,3)4)15(19)20-13-11-14-21-22(8,9)17(5,6)7/h10H,1,11-14H2,2-9H3. The maximum absolute atomic E-state index is 12.1. The zero-order chi connectivity index (χ0) is 17.6. The molecule has 0 radical (unpaired) electrons. The first-order valence-corrected chi connectivity index (χ1v) is 10.9. The van der Waals surface area contributed by atoms with Gasteiger partial charge in [-0.2, -0.15) is 0 Å². The van der Waals surface area contributed by atoms with Crippen LogP contribution in [0.15, 0.2) is 12.7 Å². The molecule has 0 rings (SSSR count). The fourth-order valence-corrected chi connectivity index (χ4v) is 2.68. The first-order valence-electron chi connectivity index (χ1n) is 8.02. The van der Waals surface area contributed by atoms with Crippen molar-refractivity contribution >= 4 is 14.4 Å². The Kier molecular flexibility index (Phi) is 7.85. The second-order valence-corrected chi connectivity index (χ2v) is 13.0. The molecule has 0 fully saturated rings.